The van der Waals surface area contributed by atoms with Crippen molar-refractivity contribution < 1.29 is 14.3 Å². The zero-order valence-electron chi connectivity index (χ0n) is 12.5. The molecule has 4 rings (SSSR count). The predicted molar refractivity (Wildman–Crippen MR) is 88.1 cm³/mol. The minimum atomic E-state index is -0.901. The summed E-state index contributed by atoms with van der Waals surface area (Å²) < 4.78 is 14.4. The number of aryl methyl sites for hydroxylation is 1. The van der Waals surface area contributed by atoms with E-state index in [2.05, 4.69) is 4.98 Å². The lowest BCUT2D eigenvalue weighted by Gasteiger charge is -2.08. The molecule has 1 aliphatic carbocycles. The number of carboxylic acid groups (broad SMARTS) is 1. The Morgan fingerprint density at radius 1 is 1.38 bits per heavy atom. The van der Waals surface area contributed by atoms with Crippen molar-refractivity contribution in [3.63, 3.8) is 0 Å². The number of benzene rings is 1. The highest BCUT2D eigenvalue weighted by molar-refractivity contribution is 7.18. The molecular formula is C17H13FN2O3S. The highest BCUT2D eigenvalue weighted by Gasteiger charge is 2.34. The molecule has 0 spiro atoms. The maximum Gasteiger partial charge on any atom is 0.311 e. The van der Waals surface area contributed by atoms with Crippen LogP contribution in [0.5, 0.6) is 0 Å². The Kier molecular flexibility index (Phi) is 3.45. The molecule has 1 aromatic carbocycles. The normalized spacial score (nSPS) is 16.5. The molecule has 5 nitrogen and oxygen atoms in total. The van der Waals surface area contributed by atoms with Gasteiger partial charge in [0, 0.05) is 4.88 Å². The van der Waals surface area contributed by atoms with Crippen LogP contribution in [0.2, 0.25) is 0 Å². The van der Waals surface area contributed by atoms with Crippen LogP contribution in [0.3, 0.4) is 0 Å². The van der Waals surface area contributed by atoms with Crippen LogP contribution < -0.4 is 5.56 Å². The first-order chi connectivity index (χ1) is 11.5. The van der Waals surface area contributed by atoms with Gasteiger partial charge in [0.1, 0.15) is 10.6 Å². The minimum absolute atomic E-state index is 0.241. The summed E-state index contributed by atoms with van der Waals surface area (Å²) in [5.74, 6) is -1.87. The molecule has 1 atom stereocenters. The average Bonchev–Trinajstić information content (AvgIpc) is 3.11. The number of thiophene rings is 1. The van der Waals surface area contributed by atoms with E-state index in [1.807, 2.05) is 0 Å². The molecule has 0 fully saturated rings. The molecule has 2 heterocycles. The van der Waals surface area contributed by atoms with Crippen molar-refractivity contribution in [3.05, 3.63) is 62.8 Å². The molecule has 3 aromatic rings. The van der Waals surface area contributed by atoms with Crippen molar-refractivity contribution in [1.82, 2.24) is 9.55 Å². The van der Waals surface area contributed by atoms with Gasteiger partial charge in [0.05, 0.1) is 24.2 Å². The van der Waals surface area contributed by atoms with E-state index >= 15 is 0 Å². The van der Waals surface area contributed by atoms with Crippen molar-refractivity contribution in [2.24, 2.45) is 0 Å². The number of hydrogen-bond donors (Lipinski definition) is 1. The Bertz CT molecular complexity index is 1010. The van der Waals surface area contributed by atoms with E-state index in [-0.39, 0.29) is 17.9 Å². The Morgan fingerprint density at radius 2 is 2.12 bits per heavy atom. The van der Waals surface area contributed by atoms with Gasteiger partial charge in [-0.25, -0.2) is 9.37 Å². The van der Waals surface area contributed by atoms with Crippen LogP contribution in [0.15, 0.2) is 35.4 Å². The van der Waals surface area contributed by atoms with Crippen molar-refractivity contribution in [2.75, 3.05) is 0 Å². The van der Waals surface area contributed by atoms with Crippen molar-refractivity contribution in [1.29, 1.82) is 0 Å². The first-order valence-corrected chi connectivity index (χ1v) is 8.34. The largest absolute Gasteiger partial charge is 0.481 e. The summed E-state index contributed by atoms with van der Waals surface area (Å²) in [6, 6.07) is 5.91. The Balaban J connectivity index is 1.83. The number of fused-ring (bicyclic) bond motifs is 3. The molecule has 0 bridgehead atoms. The monoisotopic (exact) mass is 344 g/mol. The number of halogens is 1. The predicted octanol–water partition coefficient (Wildman–Crippen LogP) is 2.76. The van der Waals surface area contributed by atoms with Gasteiger partial charge in [0.15, 0.2) is 0 Å². The molecule has 7 heteroatoms. The molecule has 1 aliphatic rings. The number of hydrogen-bond acceptors (Lipinski definition) is 4. The standard InChI is InChI=1S/C17H13FN2O3S/c18-10-3-1-9(2-4-10)7-20-8-19-15-14(16(20)21)13-11(17(22)23)5-6-12(13)24-15/h1-4,8,11H,5-7H2,(H,22,23). The first kappa shape index (κ1) is 15.0. The Labute approximate surface area is 140 Å². The van der Waals surface area contributed by atoms with Gasteiger partial charge in [0.25, 0.3) is 5.56 Å². The summed E-state index contributed by atoms with van der Waals surface area (Å²) in [7, 11) is 0. The zero-order chi connectivity index (χ0) is 16.8. The lowest BCUT2D eigenvalue weighted by molar-refractivity contribution is -0.138. The minimum Gasteiger partial charge on any atom is -0.481 e. The van der Waals surface area contributed by atoms with Crippen LogP contribution in [-0.2, 0) is 17.8 Å². The number of nitrogens with zero attached hydrogens (tertiary/aromatic N) is 2. The van der Waals surface area contributed by atoms with E-state index in [4.69, 9.17) is 0 Å². The van der Waals surface area contributed by atoms with E-state index in [9.17, 15) is 19.1 Å². The molecule has 2 aromatic heterocycles. The highest BCUT2D eigenvalue weighted by atomic mass is 32.1. The molecule has 0 radical (unpaired) electrons. The molecule has 122 valence electrons. The lowest BCUT2D eigenvalue weighted by atomic mass is 10.0. The van der Waals surface area contributed by atoms with Crippen LogP contribution in [-0.4, -0.2) is 20.6 Å². The molecule has 0 aliphatic heterocycles. The van der Waals surface area contributed by atoms with E-state index < -0.39 is 11.9 Å². The van der Waals surface area contributed by atoms with Crippen molar-refractivity contribution in [3.8, 4) is 0 Å². The van der Waals surface area contributed by atoms with Gasteiger partial charge in [-0.1, -0.05) is 12.1 Å². The van der Waals surface area contributed by atoms with Gasteiger partial charge in [-0.05, 0) is 36.1 Å². The van der Waals surface area contributed by atoms with Gasteiger partial charge in [0.2, 0.25) is 0 Å². The zero-order valence-corrected chi connectivity index (χ0v) is 13.3. The molecule has 1 unspecified atom stereocenters. The third-order valence-electron chi connectivity index (χ3n) is 4.37. The fourth-order valence-corrected chi connectivity index (χ4v) is 4.42. The lowest BCUT2D eigenvalue weighted by Crippen LogP contribution is -2.22. The average molecular weight is 344 g/mol. The topological polar surface area (TPSA) is 72.2 Å². The molecule has 1 N–H and O–H groups in total. The maximum absolute atomic E-state index is 13.0. The second-order valence-corrected chi connectivity index (χ2v) is 6.94. The van der Waals surface area contributed by atoms with Crippen LogP contribution in [0.1, 0.15) is 28.3 Å². The Hall–Kier alpha value is -2.54. The molecule has 24 heavy (non-hydrogen) atoms. The summed E-state index contributed by atoms with van der Waals surface area (Å²) >= 11 is 1.40. The summed E-state index contributed by atoms with van der Waals surface area (Å²) in [6.45, 7) is 0.268. The number of aromatic nitrogens is 2. The van der Waals surface area contributed by atoms with Crippen molar-refractivity contribution >= 4 is 27.5 Å². The number of aliphatic carboxylic acids is 1. The Morgan fingerprint density at radius 3 is 2.83 bits per heavy atom. The van der Waals surface area contributed by atoms with Crippen molar-refractivity contribution in [2.45, 2.75) is 25.3 Å². The number of rotatable bonds is 3. The van der Waals surface area contributed by atoms with Crippen LogP contribution in [0.4, 0.5) is 4.39 Å². The molecule has 0 amide bonds. The third kappa shape index (κ3) is 2.32. The van der Waals surface area contributed by atoms with E-state index in [1.54, 1.807) is 12.1 Å². The van der Waals surface area contributed by atoms with Gasteiger partial charge in [-0.2, -0.15) is 0 Å². The number of carbonyl (C=O) groups is 1. The fourth-order valence-electron chi connectivity index (χ4n) is 3.21. The molecule has 0 saturated heterocycles. The maximum atomic E-state index is 13.0. The second-order valence-electron chi connectivity index (χ2n) is 5.85. The summed E-state index contributed by atoms with van der Waals surface area (Å²) in [5, 5.41) is 9.82. The SMILES string of the molecule is O=C(O)C1CCc2sc3ncn(Cc4ccc(F)cc4)c(=O)c3c21. The van der Waals surface area contributed by atoms with Gasteiger partial charge in [-0.15, -0.1) is 11.3 Å². The van der Waals surface area contributed by atoms with Crippen LogP contribution in [0, 0.1) is 5.82 Å². The van der Waals surface area contributed by atoms with Crippen LogP contribution >= 0.6 is 11.3 Å². The summed E-state index contributed by atoms with van der Waals surface area (Å²) in [5.41, 5.74) is 1.17. The van der Waals surface area contributed by atoms with Gasteiger partial charge < -0.3 is 5.11 Å². The quantitative estimate of drug-likeness (QED) is 0.793. The van der Waals surface area contributed by atoms with Gasteiger partial charge >= 0.3 is 5.97 Å². The fraction of sp³-hybridized carbons (Fsp3) is 0.235. The number of carboxylic acids is 1. The smallest absolute Gasteiger partial charge is 0.311 e. The molecule has 0 saturated carbocycles. The summed E-state index contributed by atoms with van der Waals surface area (Å²) in [4.78, 5) is 30.2. The first-order valence-electron chi connectivity index (χ1n) is 7.52. The van der Waals surface area contributed by atoms with E-state index in [0.717, 1.165) is 10.4 Å². The summed E-state index contributed by atoms with van der Waals surface area (Å²) in [6.07, 6.45) is 2.67. The highest BCUT2D eigenvalue weighted by Crippen LogP contribution is 2.42. The van der Waals surface area contributed by atoms with Gasteiger partial charge in [-0.3, -0.25) is 14.2 Å². The molecular weight excluding hydrogens is 331 g/mol. The van der Waals surface area contributed by atoms with E-state index in [1.165, 1.54) is 34.4 Å². The van der Waals surface area contributed by atoms with E-state index in [0.29, 0.717) is 28.6 Å². The third-order valence-corrected chi connectivity index (χ3v) is 5.54. The van der Waals surface area contributed by atoms with Crippen LogP contribution in [0.25, 0.3) is 10.2 Å². The second kappa shape index (κ2) is 5.52.